The minimum atomic E-state index is -0.482. The fourth-order valence-electron chi connectivity index (χ4n) is 1.73. The molecule has 4 nitrogen and oxygen atoms in total. The summed E-state index contributed by atoms with van der Waals surface area (Å²) in [7, 11) is 0. The van der Waals surface area contributed by atoms with Gasteiger partial charge in [-0.15, -0.1) is 0 Å². The van der Waals surface area contributed by atoms with Crippen molar-refractivity contribution in [1.82, 2.24) is 0 Å². The summed E-state index contributed by atoms with van der Waals surface area (Å²) in [6.07, 6.45) is 0. The molecule has 0 saturated carbocycles. The van der Waals surface area contributed by atoms with Gasteiger partial charge in [-0.3, -0.25) is 4.79 Å². The SMILES string of the molecule is Cc1cc(N)ccc1OCC(=O)Nc1ccccc1F. The number of nitrogen functional groups attached to an aromatic ring is 1. The Balaban J connectivity index is 1.94. The second kappa shape index (κ2) is 6.06. The molecule has 0 aliphatic carbocycles. The number of rotatable bonds is 4. The Hall–Kier alpha value is -2.56. The predicted molar refractivity (Wildman–Crippen MR) is 76.1 cm³/mol. The first-order valence-electron chi connectivity index (χ1n) is 6.09. The van der Waals surface area contributed by atoms with Gasteiger partial charge >= 0.3 is 0 Å². The van der Waals surface area contributed by atoms with Crippen LogP contribution in [0.1, 0.15) is 5.56 Å². The largest absolute Gasteiger partial charge is 0.483 e. The molecule has 3 N–H and O–H groups in total. The molecule has 0 aliphatic rings. The van der Waals surface area contributed by atoms with Gasteiger partial charge in [0.1, 0.15) is 11.6 Å². The van der Waals surface area contributed by atoms with Crippen LogP contribution >= 0.6 is 0 Å². The van der Waals surface area contributed by atoms with Crippen molar-refractivity contribution in [3.05, 3.63) is 53.8 Å². The number of carbonyl (C=O) groups is 1. The highest BCUT2D eigenvalue weighted by molar-refractivity contribution is 5.92. The minimum absolute atomic E-state index is 0.134. The van der Waals surface area contributed by atoms with Crippen molar-refractivity contribution in [2.75, 3.05) is 17.7 Å². The van der Waals surface area contributed by atoms with Gasteiger partial charge in [0, 0.05) is 5.69 Å². The van der Waals surface area contributed by atoms with E-state index in [1.165, 1.54) is 12.1 Å². The lowest BCUT2D eigenvalue weighted by Crippen LogP contribution is -2.21. The van der Waals surface area contributed by atoms with Crippen LogP contribution in [0.25, 0.3) is 0 Å². The van der Waals surface area contributed by atoms with E-state index in [1.54, 1.807) is 30.3 Å². The Morgan fingerprint density at radius 1 is 1.30 bits per heavy atom. The number of nitrogens with two attached hydrogens (primary N) is 1. The molecule has 0 aromatic heterocycles. The summed E-state index contributed by atoms with van der Waals surface area (Å²) in [5.41, 5.74) is 7.23. The Morgan fingerprint density at radius 3 is 2.75 bits per heavy atom. The Morgan fingerprint density at radius 2 is 2.05 bits per heavy atom. The molecule has 0 fully saturated rings. The quantitative estimate of drug-likeness (QED) is 0.842. The van der Waals surface area contributed by atoms with E-state index in [-0.39, 0.29) is 12.3 Å². The van der Waals surface area contributed by atoms with Crippen molar-refractivity contribution in [2.45, 2.75) is 6.92 Å². The van der Waals surface area contributed by atoms with Gasteiger partial charge in [0.25, 0.3) is 5.91 Å². The maximum absolute atomic E-state index is 13.4. The first-order valence-corrected chi connectivity index (χ1v) is 6.09. The van der Waals surface area contributed by atoms with Crippen LogP contribution in [0.3, 0.4) is 0 Å². The van der Waals surface area contributed by atoms with Gasteiger partial charge in [0.15, 0.2) is 6.61 Å². The third-order valence-corrected chi connectivity index (χ3v) is 2.71. The number of halogens is 1. The maximum atomic E-state index is 13.4. The normalized spacial score (nSPS) is 10.1. The molecule has 0 atom stereocenters. The number of para-hydroxylation sites is 1. The molecular formula is C15H15FN2O2. The van der Waals surface area contributed by atoms with E-state index in [0.717, 1.165) is 5.56 Å². The van der Waals surface area contributed by atoms with E-state index in [4.69, 9.17) is 10.5 Å². The topological polar surface area (TPSA) is 64.3 Å². The zero-order valence-corrected chi connectivity index (χ0v) is 11.0. The van der Waals surface area contributed by atoms with Gasteiger partial charge in [-0.25, -0.2) is 4.39 Å². The molecule has 0 spiro atoms. The standard InChI is InChI=1S/C15H15FN2O2/c1-10-8-11(17)6-7-14(10)20-9-15(19)18-13-5-3-2-4-12(13)16/h2-8H,9,17H2,1H3,(H,18,19). The van der Waals surface area contributed by atoms with Crippen LogP contribution in [0.4, 0.5) is 15.8 Å². The smallest absolute Gasteiger partial charge is 0.262 e. The summed E-state index contributed by atoms with van der Waals surface area (Å²) in [5.74, 6) is -0.335. The Bertz CT molecular complexity index is 629. The third-order valence-electron chi connectivity index (χ3n) is 2.71. The molecule has 2 rings (SSSR count). The predicted octanol–water partition coefficient (Wildman–Crippen LogP) is 2.73. The fraction of sp³-hybridized carbons (Fsp3) is 0.133. The first-order chi connectivity index (χ1) is 9.56. The molecule has 104 valence electrons. The van der Waals surface area contributed by atoms with Crippen LogP contribution in [0.5, 0.6) is 5.75 Å². The fourth-order valence-corrected chi connectivity index (χ4v) is 1.73. The molecule has 0 bridgehead atoms. The van der Waals surface area contributed by atoms with E-state index in [1.807, 2.05) is 6.92 Å². The summed E-state index contributed by atoms with van der Waals surface area (Å²) in [5, 5.41) is 2.45. The highest BCUT2D eigenvalue weighted by Crippen LogP contribution is 2.20. The lowest BCUT2D eigenvalue weighted by Gasteiger charge is -2.10. The van der Waals surface area contributed by atoms with Gasteiger partial charge in [0.05, 0.1) is 5.69 Å². The number of hydrogen-bond acceptors (Lipinski definition) is 3. The molecule has 0 radical (unpaired) electrons. The average molecular weight is 274 g/mol. The van der Waals surface area contributed by atoms with Crippen molar-refractivity contribution in [3.63, 3.8) is 0 Å². The average Bonchev–Trinajstić information content (AvgIpc) is 2.40. The number of hydrogen-bond donors (Lipinski definition) is 2. The van der Waals surface area contributed by atoms with Gasteiger partial charge in [-0.05, 0) is 42.8 Å². The zero-order valence-electron chi connectivity index (χ0n) is 11.0. The maximum Gasteiger partial charge on any atom is 0.262 e. The number of aryl methyl sites for hydroxylation is 1. The second-order valence-electron chi connectivity index (χ2n) is 4.34. The van der Waals surface area contributed by atoms with Crippen LogP contribution in [-0.4, -0.2) is 12.5 Å². The summed E-state index contributed by atoms with van der Waals surface area (Å²) in [6, 6.07) is 11.1. The number of amides is 1. The van der Waals surface area contributed by atoms with E-state index in [2.05, 4.69) is 5.32 Å². The van der Waals surface area contributed by atoms with Crippen molar-refractivity contribution in [2.24, 2.45) is 0 Å². The first kappa shape index (κ1) is 13.9. The molecule has 5 heteroatoms. The molecule has 0 saturated heterocycles. The summed E-state index contributed by atoms with van der Waals surface area (Å²) in [4.78, 5) is 11.7. The van der Waals surface area contributed by atoms with Crippen LogP contribution in [0.2, 0.25) is 0 Å². The van der Waals surface area contributed by atoms with Gasteiger partial charge in [-0.1, -0.05) is 12.1 Å². The van der Waals surface area contributed by atoms with E-state index >= 15 is 0 Å². The number of nitrogens with one attached hydrogen (secondary N) is 1. The molecule has 1 amide bonds. The Kier molecular flexibility index (Phi) is 4.20. The molecule has 0 unspecified atom stereocenters. The van der Waals surface area contributed by atoms with Crippen LogP contribution in [0, 0.1) is 12.7 Å². The van der Waals surface area contributed by atoms with Crippen LogP contribution in [0.15, 0.2) is 42.5 Å². The number of ether oxygens (including phenoxy) is 1. The van der Waals surface area contributed by atoms with Crippen molar-refractivity contribution >= 4 is 17.3 Å². The molecule has 2 aromatic carbocycles. The third kappa shape index (κ3) is 3.47. The molecular weight excluding hydrogens is 259 g/mol. The van der Waals surface area contributed by atoms with Crippen molar-refractivity contribution in [1.29, 1.82) is 0 Å². The molecule has 2 aromatic rings. The highest BCUT2D eigenvalue weighted by atomic mass is 19.1. The van der Waals surface area contributed by atoms with Crippen LogP contribution in [-0.2, 0) is 4.79 Å². The zero-order chi connectivity index (χ0) is 14.5. The Labute approximate surface area is 116 Å². The number of carbonyl (C=O) groups excluding carboxylic acids is 1. The lowest BCUT2D eigenvalue weighted by atomic mass is 10.2. The van der Waals surface area contributed by atoms with Gasteiger partial charge in [-0.2, -0.15) is 0 Å². The van der Waals surface area contributed by atoms with Crippen molar-refractivity contribution in [3.8, 4) is 5.75 Å². The second-order valence-corrected chi connectivity index (χ2v) is 4.34. The molecule has 0 heterocycles. The summed E-state index contributed by atoms with van der Waals surface area (Å²) < 4.78 is 18.7. The molecule has 20 heavy (non-hydrogen) atoms. The van der Waals surface area contributed by atoms with Gasteiger partial charge < -0.3 is 15.8 Å². The van der Waals surface area contributed by atoms with Crippen LogP contribution < -0.4 is 15.8 Å². The molecule has 0 aliphatic heterocycles. The highest BCUT2D eigenvalue weighted by Gasteiger charge is 2.08. The minimum Gasteiger partial charge on any atom is -0.483 e. The number of anilines is 2. The van der Waals surface area contributed by atoms with Crippen molar-refractivity contribution < 1.29 is 13.9 Å². The monoisotopic (exact) mass is 274 g/mol. The van der Waals surface area contributed by atoms with E-state index in [0.29, 0.717) is 11.4 Å². The summed E-state index contributed by atoms with van der Waals surface area (Å²) >= 11 is 0. The van der Waals surface area contributed by atoms with Gasteiger partial charge in [0.2, 0.25) is 0 Å². The lowest BCUT2D eigenvalue weighted by molar-refractivity contribution is -0.118. The van der Waals surface area contributed by atoms with E-state index in [9.17, 15) is 9.18 Å². The van der Waals surface area contributed by atoms with E-state index < -0.39 is 11.7 Å². The summed E-state index contributed by atoms with van der Waals surface area (Å²) in [6.45, 7) is 1.64. The number of benzene rings is 2.